The van der Waals surface area contributed by atoms with Crippen LogP contribution >= 0.6 is 0 Å². The Morgan fingerprint density at radius 2 is 1.43 bits per heavy atom. The first-order valence-corrected chi connectivity index (χ1v) is 5.82. The van der Waals surface area contributed by atoms with E-state index in [1.165, 1.54) is 0 Å². The number of hydrogen-bond donors (Lipinski definition) is 2. The summed E-state index contributed by atoms with van der Waals surface area (Å²) in [5.74, 6) is 0. The zero-order chi connectivity index (χ0) is 11.2. The Bertz CT molecular complexity index is 150. The molecule has 0 aliphatic rings. The van der Waals surface area contributed by atoms with Gasteiger partial charge in [0.2, 0.25) is 0 Å². The van der Waals surface area contributed by atoms with Gasteiger partial charge in [-0.25, -0.2) is 0 Å². The van der Waals surface area contributed by atoms with Crippen LogP contribution in [0.2, 0.25) is 0 Å². The van der Waals surface area contributed by atoms with E-state index >= 15 is 0 Å². The molecule has 0 rings (SSSR count). The second-order valence-electron chi connectivity index (χ2n) is 5.05. The number of rotatable bonds is 7. The first kappa shape index (κ1) is 13.9. The Labute approximate surface area is 89.1 Å². The van der Waals surface area contributed by atoms with Crippen molar-refractivity contribution in [2.24, 2.45) is 5.41 Å². The van der Waals surface area contributed by atoms with Gasteiger partial charge in [0, 0.05) is 13.1 Å². The average molecular weight is 201 g/mol. The molecule has 2 nitrogen and oxygen atoms in total. The van der Waals surface area contributed by atoms with Crippen molar-refractivity contribution in [1.82, 2.24) is 5.32 Å². The number of nitrogens with one attached hydrogen (secondary N) is 1. The molecule has 0 aromatic carbocycles. The molecule has 0 aliphatic carbocycles. The molecule has 86 valence electrons. The minimum atomic E-state index is -0.510. The van der Waals surface area contributed by atoms with E-state index in [2.05, 4.69) is 26.1 Å². The highest BCUT2D eigenvalue weighted by Crippen LogP contribution is 2.19. The van der Waals surface area contributed by atoms with Crippen LogP contribution in [0, 0.1) is 5.41 Å². The normalized spacial score (nSPS) is 13.3. The van der Waals surface area contributed by atoms with Gasteiger partial charge in [-0.3, -0.25) is 0 Å². The van der Waals surface area contributed by atoms with E-state index in [9.17, 15) is 5.11 Å². The minimum Gasteiger partial charge on any atom is -0.389 e. The summed E-state index contributed by atoms with van der Waals surface area (Å²) in [6, 6.07) is 0. The van der Waals surface area contributed by atoms with Crippen LogP contribution in [0.15, 0.2) is 0 Å². The number of hydrogen-bond acceptors (Lipinski definition) is 2. The van der Waals surface area contributed by atoms with Crippen molar-refractivity contribution in [3.05, 3.63) is 0 Å². The standard InChI is InChI=1S/C12H27NO/c1-6-11(4,5)9-13-10-12(14,7-2)8-3/h13-14H,6-10H2,1-5H3. The van der Waals surface area contributed by atoms with Crippen LogP contribution in [-0.4, -0.2) is 23.8 Å². The van der Waals surface area contributed by atoms with Gasteiger partial charge in [-0.2, -0.15) is 0 Å². The topological polar surface area (TPSA) is 32.3 Å². The van der Waals surface area contributed by atoms with Gasteiger partial charge in [0.1, 0.15) is 0 Å². The summed E-state index contributed by atoms with van der Waals surface area (Å²) >= 11 is 0. The summed E-state index contributed by atoms with van der Waals surface area (Å²) in [4.78, 5) is 0. The highest BCUT2D eigenvalue weighted by molar-refractivity contribution is 4.79. The van der Waals surface area contributed by atoms with Crippen molar-refractivity contribution in [2.75, 3.05) is 13.1 Å². The monoisotopic (exact) mass is 201 g/mol. The maximum absolute atomic E-state index is 10.0. The molecule has 0 spiro atoms. The molecule has 0 radical (unpaired) electrons. The predicted octanol–water partition coefficient (Wildman–Crippen LogP) is 2.56. The van der Waals surface area contributed by atoms with Crippen molar-refractivity contribution >= 4 is 0 Å². The molecule has 0 bridgehead atoms. The Kier molecular flexibility index (Phi) is 5.68. The third-order valence-corrected chi connectivity index (χ3v) is 3.33. The molecule has 0 aromatic heterocycles. The quantitative estimate of drug-likeness (QED) is 0.663. The zero-order valence-corrected chi connectivity index (χ0v) is 10.5. The third kappa shape index (κ3) is 4.97. The average Bonchev–Trinajstić information content (AvgIpc) is 2.17. The molecule has 2 heteroatoms. The smallest absolute Gasteiger partial charge is 0.0766 e. The zero-order valence-electron chi connectivity index (χ0n) is 10.5. The van der Waals surface area contributed by atoms with Gasteiger partial charge >= 0.3 is 0 Å². The lowest BCUT2D eigenvalue weighted by Gasteiger charge is -2.29. The molecule has 2 N–H and O–H groups in total. The van der Waals surface area contributed by atoms with E-state index in [0.717, 1.165) is 25.8 Å². The van der Waals surface area contributed by atoms with E-state index in [-0.39, 0.29) is 0 Å². The molecule has 0 fully saturated rings. The lowest BCUT2D eigenvalue weighted by molar-refractivity contribution is 0.0304. The third-order valence-electron chi connectivity index (χ3n) is 3.33. The lowest BCUT2D eigenvalue weighted by atomic mass is 9.89. The summed E-state index contributed by atoms with van der Waals surface area (Å²) in [5.41, 5.74) is -0.174. The molecule has 0 heterocycles. The van der Waals surface area contributed by atoms with E-state index in [1.807, 2.05) is 13.8 Å². The molecule has 0 saturated carbocycles. The van der Waals surface area contributed by atoms with Crippen LogP contribution < -0.4 is 5.32 Å². The molecule has 0 aliphatic heterocycles. The van der Waals surface area contributed by atoms with Crippen LogP contribution in [0.3, 0.4) is 0 Å². The minimum absolute atomic E-state index is 0.336. The fraction of sp³-hybridized carbons (Fsp3) is 1.00. The maximum atomic E-state index is 10.0. The predicted molar refractivity (Wildman–Crippen MR) is 62.5 cm³/mol. The molecule has 0 amide bonds. The van der Waals surface area contributed by atoms with Crippen LogP contribution in [0.5, 0.6) is 0 Å². The fourth-order valence-electron chi connectivity index (χ4n) is 1.26. The van der Waals surface area contributed by atoms with Gasteiger partial charge in [0.25, 0.3) is 0 Å². The molecule has 0 saturated heterocycles. The first-order chi connectivity index (χ1) is 6.39. The molecule has 14 heavy (non-hydrogen) atoms. The molecular weight excluding hydrogens is 174 g/mol. The van der Waals surface area contributed by atoms with Crippen molar-refractivity contribution in [3.63, 3.8) is 0 Å². The fourth-order valence-corrected chi connectivity index (χ4v) is 1.26. The van der Waals surface area contributed by atoms with Crippen LogP contribution in [0.4, 0.5) is 0 Å². The van der Waals surface area contributed by atoms with Crippen molar-refractivity contribution in [1.29, 1.82) is 0 Å². The number of aliphatic hydroxyl groups is 1. The first-order valence-electron chi connectivity index (χ1n) is 5.82. The van der Waals surface area contributed by atoms with Gasteiger partial charge in [-0.1, -0.05) is 34.6 Å². The summed E-state index contributed by atoms with van der Waals surface area (Å²) in [6.45, 7) is 12.5. The molecule has 0 aromatic rings. The van der Waals surface area contributed by atoms with Gasteiger partial charge in [0.15, 0.2) is 0 Å². The van der Waals surface area contributed by atoms with E-state index in [0.29, 0.717) is 12.0 Å². The molecular formula is C12H27NO. The van der Waals surface area contributed by atoms with Crippen LogP contribution in [0.25, 0.3) is 0 Å². The Balaban J connectivity index is 3.83. The van der Waals surface area contributed by atoms with Crippen molar-refractivity contribution in [3.8, 4) is 0 Å². The molecule has 0 unspecified atom stereocenters. The molecule has 0 atom stereocenters. The second-order valence-corrected chi connectivity index (χ2v) is 5.05. The van der Waals surface area contributed by atoms with Crippen LogP contribution in [0.1, 0.15) is 53.9 Å². The van der Waals surface area contributed by atoms with Crippen molar-refractivity contribution < 1.29 is 5.11 Å². The van der Waals surface area contributed by atoms with Gasteiger partial charge < -0.3 is 10.4 Å². The maximum Gasteiger partial charge on any atom is 0.0766 e. The second kappa shape index (κ2) is 5.72. The largest absolute Gasteiger partial charge is 0.389 e. The Morgan fingerprint density at radius 1 is 0.929 bits per heavy atom. The summed E-state index contributed by atoms with van der Waals surface area (Å²) in [5, 5.41) is 13.4. The van der Waals surface area contributed by atoms with Gasteiger partial charge in [-0.05, 0) is 24.7 Å². The van der Waals surface area contributed by atoms with Crippen molar-refractivity contribution in [2.45, 2.75) is 59.5 Å². The van der Waals surface area contributed by atoms with Gasteiger partial charge in [-0.15, -0.1) is 0 Å². The van der Waals surface area contributed by atoms with Gasteiger partial charge in [0.05, 0.1) is 5.60 Å². The summed E-state index contributed by atoms with van der Waals surface area (Å²) in [6.07, 6.45) is 2.81. The van der Waals surface area contributed by atoms with E-state index < -0.39 is 5.60 Å². The van der Waals surface area contributed by atoms with E-state index in [4.69, 9.17) is 0 Å². The highest BCUT2D eigenvalue weighted by Gasteiger charge is 2.23. The Morgan fingerprint density at radius 3 is 1.79 bits per heavy atom. The SMILES string of the molecule is CCC(C)(C)CNCC(O)(CC)CC. The van der Waals surface area contributed by atoms with Crippen LogP contribution in [-0.2, 0) is 0 Å². The Hall–Kier alpha value is -0.0800. The summed E-state index contributed by atoms with van der Waals surface area (Å²) in [7, 11) is 0. The van der Waals surface area contributed by atoms with E-state index in [1.54, 1.807) is 0 Å². The highest BCUT2D eigenvalue weighted by atomic mass is 16.3. The lowest BCUT2D eigenvalue weighted by Crippen LogP contribution is -2.42. The summed E-state index contributed by atoms with van der Waals surface area (Å²) < 4.78 is 0.